The third-order valence-electron chi connectivity index (χ3n) is 3.21. The summed E-state index contributed by atoms with van der Waals surface area (Å²) >= 11 is 0. The fraction of sp³-hybridized carbons (Fsp3) is 0.625. The van der Waals surface area contributed by atoms with E-state index in [9.17, 15) is 0 Å². The fourth-order valence-electron chi connectivity index (χ4n) is 1.89. The summed E-state index contributed by atoms with van der Waals surface area (Å²) in [4.78, 5) is 0. The molecule has 102 valence electrons. The molecule has 0 aliphatic rings. The minimum absolute atomic E-state index is 0.269. The molecule has 0 aliphatic heterocycles. The average Bonchev–Trinajstić information content (AvgIpc) is 2.40. The molecule has 0 spiro atoms. The lowest BCUT2D eigenvalue weighted by atomic mass is 10.0. The highest BCUT2D eigenvalue weighted by molar-refractivity contribution is 5.27. The van der Waals surface area contributed by atoms with Gasteiger partial charge in [-0.15, -0.1) is 0 Å². The normalized spacial score (nSPS) is 12.4. The molecule has 1 unspecified atom stereocenters. The smallest absolute Gasteiger partial charge is 0.119 e. The minimum Gasteiger partial charge on any atom is -0.494 e. The molecule has 1 aromatic rings. The zero-order valence-corrected chi connectivity index (χ0v) is 11.8. The highest BCUT2D eigenvalue weighted by atomic mass is 16.5. The second-order valence-electron chi connectivity index (χ2n) is 4.93. The first kappa shape index (κ1) is 15.0. The first-order valence-corrected chi connectivity index (χ1v) is 7.23. The van der Waals surface area contributed by atoms with Crippen LogP contribution in [0.3, 0.4) is 0 Å². The third kappa shape index (κ3) is 6.06. The van der Waals surface area contributed by atoms with Crippen LogP contribution in [0.2, 0.25) is 0 Å². The Labute approximate surface area is 112 Å². The van der Waals surface area contributed by atoms with E-state index in [4.69, 9.17) is 10.5 Å². The van der Waals surface area contributed by atoms with Crippen LogP contribution < -0.4 is 10.5 Å². The van der Waals surface area contributed by atoms with E-state index in [1.165, 1.54) is 24.8 Å². The molecule has 18 heavy (non-hydrogen) atoms. The molecule has 0 radical (unpaired) electrons. The van der Waals surface area contributed by atoms with Gasteiger partial charge in [0.2, 0.25) is 0 Å². The molecule has 0 aliphatic carbocycles. The van der Waals surface area contributed by atoms with Crippen LogP contribution in [-0.4, -0.2) is 12.6 Å². The number of ether oxygens (including phenoxy) is 1. The average molecular weight is 249 g/mol. The molecule has 1 atom stereocenters. The van der Waals surface area contributed by atoms with Crippen LogP contribution in [0.15, 0.2) is 24.3 Å². The van der Waals surface area contributed by atoms with Gasteiger partial charge in [-0.1, -0.05) is 45.2 Å². The Morgan fingerprint density at radius 1 is 1.06 bits per heavy atom. The molecule has 1 aromatic carbocycles. The van der Waals surface area contributed by atoms with Crippen LogP contribution in [0.4, 0.5) is 0 Å². The SMILES string of the molecule is CCCCCCOc1ccc(CC(N)CC)cc1. The van der Waals surface area contributed by atoms with Gasteiger partial charge in [0, 0.05) is 6.04 Å². The van der Waals surface area contributed by atoms with Crippen LogP contribution in [0.25, 0.3) is 0 Å². The minimum atomic E-state index is 0.269. The maximum Gasteiger partial charge on any atom is 0.119 e. The van der Waals surface area contributed by atoms with E-state index in [0.717, 1.165) is 31.6 Å². The highest BCUT2D eigenvalue weighted by Gasteiger charge is 2.01. The molecule has 1 rings (SSSR count). The zero-order chi connectivity index (χ0) is 13.2. The Kier molecular flexibility index (Phi) is 7.51. The van der Waals surface area contributed by atoms with Crippen LogP contribution in [0, 0.1) is 0 Å². The van der Waals surface area contributed by atoms with E-state index >= 15 is 0 Å². The summed E-state index contributed by atoms with van der Waals surface area (Å²) in [5.74, 6) is 0.973. The standard InChI is InChI=1S/C16H27NO/c1-3-5-6-7-12-18-16-10-8-14(9-11-16)13-15(17)4-2/h8-11,15H,3-7,12-13,17H2,1-2H3. The molecular weight excluding hydrogens is 222 g/mol. The molecule has 2 N–H and O–H groups in total. The largest absolute Gasteiger partial charge is 0.494 e. The van der Waals surface area contributed by atoms with Crippen LogP contribution in [-0.2, 0) is 6.42 Å². The van der Waals surface area contributed by atoms with E-state index in [-0.39, 0.29) is 6.04 Å². The van der Waals surface area contributed by atoms with E-state index in [0.29, 0.717) is 0 Å². The summed E-state index contributed by atoms with van der Waals surface area (Å²) in [5.41, 5.74) is 7.23. The van der Waals surface area contributed by atoms with Crippen LogP contribution in [0.5, 0.6) is 5.75 Å². The number of benzene rings is 1. The van der Waals surface area contributed by atoms with E-state index in [1.54, 1.807) is 0 Å². The quantitative estimate of drug-likeness (QED) is 0.673. The van der Waals surface area contributed by atoms with Crippen molar-refractivity contribution in [3.05, 3.63) is 29.8 Å². The number of rotatable bonds is 9. The molecule has 0 saturated carbocycles. The number of hydrogen-bond acceptors (Lipinski definition) is 2. The molecule has 0 fully saturated rings. The Morgan fingerprint density at radius 3 is 2.39 bits per heavy atom. The number of hydrogen-bond donors (Lipinski definition) is 1. The van der Waals surface area contributed by atoms with Crippen molar-refractivity contribution < 1.29 is 4.74 Å². The van der Waals surface area contributed by atoms with Crippen molar-refractivity contribution in [2.75, 3.05) is 6.61 Å². The number of nitrogens with two attached hydrogens (primary N) is 1. The van der Waals surface area contributed by atoms with Gasteiger partial charge >= 0.3 is 0 Å². The highest BCUT2D eigenvalue weighted by Crippen LogP contribution is 2.14. The Bertz CT molecular complexity index is 307. The monoisotopic (exact) mass is 249 g/mol. The maximum absolute atomic E-state index is 5.94. The van der Waals surface area contributed by atoms with E-state index < -0.39 is 0 Å². The van der Waals surface area contributed by atoms with Crippen molar-refractivity contribution >= 4 is 0 Å². The van der Waals surface area contributed by atoms with Crippen molar-refractivity contribution in [2.24, 2.45) is 5.73 Å². The first-order chi connectivity index (χ1) is 8.76. The lowest BCUT2D eigenvalue weighted by molar-refractivity contribution is 0.305. The lowest BCUT2D eigenvalue weighted by Gasteiger charge is -2.10. The van der Waals surface area contributed by atoms with Gasteiger partial charge < -0.3 is 10.5 Å². The summed E-state index contributed by atoms with van der Waals surface area (Å²) < 4.78 is 5.71. The van der Waals surface area contributed by atoms with Gasteiger partial charge in [0.1, 0.15) is 5.75 Å². The molecule has 0 amide bonds. The molecule has 0 aromatic heterocycles. The fourth-order valence-corrected chi connectivity index (χ4v) is 1.89. The molecule has 2 heteroatoms. The summed E-state index contributed by atoms with van der Waals surface area (Å²) in [6, 6.07) is 8.62. The zero-order valence-electron chi connectivity index (χ0n) is 11.8. The van der Waals surface area contributed by atoms with Crippen molar-refractivity contribution in [3.63, 3.8) is 0 Å². The van der Waals surface area contributed by atoms with Gasteiger partial charge in [-0.2, -0.15) is 0 Å². The Hall–Kier alpha value is -1.02. The molecule has 2 nitrogen and oxygen atoms in total. The Balaban J connectivity index is 2.27. The van der Waals surface area contributed by atoms with Gasteiger partial charge in [0.05, 0.1) is 6.61 Å². The van der Waals surface area contributed by atoms with Gasteiger partial charge in [-0.25, -0.2) is 0 Å². The predicted molar refractivity (Wildman–Crippen MR) is 78.0 cm³/mol. The van der Waals surface area contributed by atoms with Gasteiger partial charge in [0.15, 0.2) is 0 Å². The van der Waals surface area contributed by atoms with Gasteiger partial charge in [-0.05, 0) is 37.0 Å². The van der Waals surface area contributed by atoms with Crippen LogP contribution in [0.1, 0.15) is 51.5 Å². The topological polar surface area (TPSA) is 35.2 Å². The van der Waals surface area contributed by atoms with Gasteiger partial charge in [-0.3, -0.25) is 0 Å². The number of unbranched alkanes of at least 4 members (excludes halogenated alkanes) is 3. The summed E-state index contributed by atoms with van der Waals surface area (Å²) in [7, 11) is 0. The molecule has 0 saturated heterocycles. The second-order valence-corrected chi connectivity index (χ2v) is 4.93. The van der Waals surface area contributed by atoms with Crippen molar-refractivity contribution in [1.82, 2.24) is 0 Å². The summed E-state index contributed by atoms with van der Waals surface area (Å²) in [6.07, 6.45) is 6.96. The summed E-state index contributed by atoms with van der Waals surface area (Å²) in [5, 5.41) is 0. The summed E-state index contributed by atoms with van der Waals surface area (Å²) in [6.45, 7) is 5.17. The maximum atomic E-state index is 5.94. The molecule has 0 bridgehead atoms. The molecule has 0 heterocycles. The Morgan fingerprint density at radius 2 is 1.78 bits per heavy atom. The lowest BCUT2D eigenvalue weighted by Crippen LogP contribution is -2.21. The van der Waals surface area contributed by atoms with Crippen molar-refractivity contribution in [1.29, 1.82) is 0 Å². The molecular formula is C16H27NO. The van der Waals surface area contributed by atoms with Crippen LogP contribution >= 0.6 is 0 Å². The first-order valence-electron chi connectivity index (χ1n) is 7.23. The van der Waals surface area contributed by atoms with Crippen molar-refractivity contribution in [2.45, 2.75) is 58.4 Å². The second kappa shape index (κ2) is 8.98. The van der Waals surface area contributed by atoms with Gasteiger partial charge in [0.25, 0.3) is 0 Å². The third-order valence-corrected chi connectivity index (χ3v) is 3.21. The predicted octanol–water partition coefficient (Wildman–Crippen LogP) is 3.93. The van der Waals surface area contributed by atoms with Crippen molar-refractivity contribution in [3.8, 4) is 5.75 Å². The van der Waals surface area contributed by atoms with E-state index in [2.05, 4.69) is 38.1 Å². The van der Waals surface area contributed by atoms with E-state index in [1.807, 2.05) is 0 Å².